The molecule has 1 aliphatic carbocycles. The van der Waals surface area contributed by atoms with Gasteiger partial charge in [0, 0.05) is 13.2 Å². The number of thioether (sulfide) groups is 1. The van der Waals surface area contributed by atoms with Gasteiger partial charge in [0.05, 0.1) is 11.8 Å². The summed E-state index contributed by atoms with van der Waals surface area (Å²) in [4.78, 5) is 14.6. The highest BCUT2D eigenvalue weighted by Gasteiger charge is 2.26. The van der Waals surface area contributed by atoms with Crippen LogP contribution in [0.25, 0.3) is 5.65 Å². The Bertz CT molecular complexity index is 907. The molecule has 0 bridgehead atoms. The van der Waals surface area contributed by atoms with Gasteiger partial charge in [0.25, 0.3) is 0 Å². The van der Waals surface area contributed by atoms with Gasteiger partial charge in [-0.25, -0.2) is 0 Å². The Kier molecular flexibility index (Phi) is 4.44. The second-order valence-corrected chi connectivity index (χ2v) is 7.25. The molecule has 1 aliphatic rings. The van der Waals surface area contributed by atoms with E-state index in [0.29, 0.717) is 5.75 Å². The van der Waals surface area contributed by atoms with E-state index in [1.165, 1.54) is 22.9 Å². The first kappa shape index (κ1) is 16.1. The van der Waals surface area contributed by atoms with Crippen molar-refractivity contribution in [3.63, 3.8) is 0 Å². The summed E-state index contributed by atoms with van der Waals surface area (Å²) in [7, 11) is 1.91. The van der Waals surface area contributed by atoms with Gasteiger partial charge in [0.1, 0.15) is 0 Å². The predicted octanol–water partition coefficient (Wildman–Crippen LogP) is 3.36. The van der Waals surface area contributed by atoms with Crippen LogP contribution < -0.4 is 0 Å². The molecular weight excluding hydrogens is 332 g/mol. The van der Waals surface area contributed by atoms with Crippen LogP contribution in [0.2, 0.25) is 0 Å². The standard InChI is InChI=1S/C19H20N4OS/c1-22(16-10-6-8-14-7-2-3-9-15(14)16)18(24)13-25-19-21-20-17-11-4-5-12-23(17)19/h2-5,7,9,11-12,16H,6,8,10,13H2,1H3/t16-/m0/s1. The Labute approximate surface area is 151 Å². The van der Waals surface area contributed by atoms with Gasteiger partial charge in [-0.15, -0.1) is 10.2 Å². The molecule has 0 saturated carbocycles. The van der Waals surface area contributed by atoms with Crippen LogP contribution in [0.5, 0.6) is 0 Å². The van der Waals surface area contributed by atoms with Crippen LogP contribution in [0.3, 0.4) is 0 Å². The molecule has 0 radical (unpaired) electrons. The van der Waals surface area contributed by atoms with Crippen LogP contribution >= 0.6 is 11.8 Å². The molecule has 0 spiro atoms. The third-order valence-electron chi connectivity index (χ3n) is 4.81. The van der Waals surface area contributed by atoms with E-state index in [2.05, 4.69) is 34.5 Å². The van der Waals surface area contributed by atoms with E-state index < -0.39 is 0 Å². The first-order chi connectivity index (χ1) is 12.2. The van der Waals surface area contributed by atoms with Gasteiger partial charge in [-0.05, 0) is 42.5 Å². The zero-order valence-electron chi connectivity index (χ0n) is 14.1. The minimum absolute atomic E-state index is 0.124. The molecule has 6 heteroatoms. The number of carbonyl (C=O) groups is 1. The van der Waals surface area contributed by atoms with Crippen molar-refractivity contribution in [2.24, 2.45) is 0 Å². The number of carbonyl (C=O) groups excluding carboxylic acids is 1. The number of aryl methyl sites for hydroxylation is 1. The fraction of sp³-hybridized carbons (Fsp3) is 0.316. The highest BCUT2D eigenvalue weighted by molar-refractivity contribution is 7.99. The van der Waals surface area contributed by atoms with Gasteiger partial charge in [-0.1, -0.05) is 42.1 Å². The maximum absolute atomic E-state index is 12.7. The topological polar surface area (TPSA) is 50.5 Å². The van der Waals surface area contributed by atoms with E-state index in [1.807, 2.05) is 40.7 Å². The van der Waals surface area contributed by atoms with E-state index in [9.17, 15) is 4.79 Å². The smallest absolute Gasteiger partial charge is 0.233 e. The Morgan fingerprint density at radius 1 is 1.24 bits per heavy atom. The second kappa shape index (κ2) is 6.88. The molecule has 5 nitrogen and oxygen atoms in total. The Morgan fingerprint density at radius 3 is 3.00 bits per heavy atom. The number of amides is 1. The number of pyridine rings is 1. The fourth-order valence-corrected chi connectivity index (χ4v) is 4.30. The van der Waals surface area contributed by atoms with Crippen LogP contribution in [0.1, 0.15) is 30.0 Å². The molecule has 1 aromatic carbocycles. The number of hydrogen-bond donors (Lipinski definition) is 0. The van der Waals surface area contributed by atoms with Crippen LogP contribution in [0.15, 0.2) is 53.8 Å². The molecule has 0 fully saturated rings. The lowest BCUT2D eigenvalue weighted by Gasteiger charge is -2.33. The minimum atomic E-state index is 0.124. The summed E-state index contributed by atoms with van der Waals surface area (Å²) >= 11 is 1.44. The van der Waals surface area contributed by atoms with Gasteiger partial charge < -0.3 is 4.90 Å². The molecular formula is C19H20N4OS. The number of fused-ring (bicyclic) bond motifs is 2. The van der Waals surface area contributed by atoms with Crippen LogP contribution in [-0.2, 0) is 11.2 Å². The molecule has 2 aromatic heterocycles. The maximum atomic E-state index is 12.7. The fourth-order valence-electron chi connectivity index (χ4n) is 3.45. The zero-order chi connectivity index (χ0) is 17.2. The molecule has 1 amide bonds. The first-order valence-electron chi connectivity index (χ1n) is 8.50. The molecule has 0 aliphatic heterocycles. The monoisotopic (exact) mass is 352 g/mol. The van der Waals surface area contributed by atoms with Crippen molar-refractivity contribution in [2.75, 3.05) is 12.8 Å². The Balaban J connectivity index is 1.46. The summed E-state index contributed by atoms with van der Waals surface area (Å²) in [6, 6.07) is 14.4. The predicted molar refractivity (Wildman–Crippen MR) is 98.6 cm³/mol. The average Bonchev–Trinajstić information content (AvgIpc) is 3.08. The second-order valence-electron chi connectivity index (χ2n) is 6.31. The SMILES string of the molecule is CN(C(=O)CSc1nnc2ccccn12)[C@H]1CCCc2ccccc21. The lowest BCUT2D eigenvalue weighted by atomic mass is 9.87. The van der Waals surface area contributed by atoms with Gasteiger partial charge in [0.2, 0.25) is 5.91 Å². The molecule has 1 atom stereocenters. The van der Waals surface area contributed by atoms with Crippen molar-refractivity contribution < 1.29 is 4.79 Å². The van der Waals surface area contributed by atoms with Crippen molar-refractivity contribution in [1.82, 2.24) is 19.5 Å². The van der Waals surface area contributed by atoms with E-state index in [1.54, 1.807) is 0 Å². The lowest BCUT2D eigenvalue weighted by molar-refractivity contribution is -0.129. The summed E-state index contributed by atoms with van der Waals surface area (Å²) in [5.74, 6) is 0.490. The quantitative estimate of drug-likeness (QED) is 0.676. The molecule has 0 unspecified atom stereocenters. The molecule has 25 heavy (non-hydrogen) atoms. The summed E-state index contributed by atoms with van der Waals surface area (Å²) in [6.07, 6.45) is 5.18. The molecule has 0 N–H and O–H groups in total. The molecule has 128 valence electrons. The van der Waals surface area contributed by atoms with Crippen LogP contribution in [0.4, 0.5) is 0 Å². The number of nitrogens with zero attached hydrogens (tertiary/aromatic N) is 4. The van der Waals surface area contributed by atoms with Crippen LogP contribution in [0, 0.1) is 0 Å². The number of rotatable bonds is 4. The van der Waals surface area contributed by atoms with Crippen molar-refractivity contribution in [3.8, 4) is 0 Å². The van der Waals surface area contributed by atoms with Crippen molar-refractivity contribution in [3.05, 3.63) is 59.8 Å². The van der Waals surface area contributed by atoms with Crippen molar-refractivity contribution in [1.29, 1.82) is 0 Å². The van der Waals surface area contributed by atoms with Crippen molar-refractivity contribution in [2.45, 2.75) is 30.5 Å². The average molecular weight is 352 g/mol. The highest BCUT2D eigenvalue weighted by Crippen LogP contribution is 2.33. The van der Waals surface area contributed by atoms with E-state index in [0.717, 1.165) is 30.1 Å². The third-order valence-corrected chi connectivity index (χ3v) is 5.73. The number of aromatic nitrogens is 3. The van der Waals surface area contributed by atoms with Gasteiger partial charge in [-0.3, -0.25) is 9.20 Å². The third kappa shape index (κ3) is 3.14. The lowest BCUT2D eigenvalue weighted by Crippen LogP contribution is -2.34. The Morgan fingerprint density at radius 2 is 2.08 bits per heavy atom. The largest absolute Gasteiger partial charge is 0.338 e. The van der Waals surface area contributed by atoms with Gasteiger partial charge in [-0.2, -0.15) is 0 Å². The summed E-state index contributed by atoms with van der Waals surface area (Å²) < 4.78 is 1.91. The first-order valence-corrected chi connectivity index (χ1v) is 9.48. The molecule has 4 rings (SSSR count). The maximum Gasteiger partial charge on any atom is 0.233 e. The van der Waals surface area contributed by atoms with E-state index in [-0.39, 0.29) is 11.9 Å². The zero-order valence-corrected chi connectivity index (χ0v) is 14.9. The summed E-state index contributed by atoms with van der Waals surface area (Å²) in [5, 5.41) is 9.06. The number of hydrogen-bond acceptors (Lipinski definition) is 4. The molecule has 2 heterocycles. The molecule has 3 aromatic rings. The summed E-state index contributed by atoms with van der Waals surface area (Å²) in [5.41, 5.74) is 3.46. The molecule has 0 saturated heterocycles. The van der Waals surface area contributed by atoms with Gasteiger partial charge in [0.15, 0.2) is 10.8 Å². The normalized spacial score (nSPS) is 16.6. The van der Waals surface area contributed by atoms with Gasteiger partial charge >= 0.3 is 0 Å². The van der Waals surface area contributed by atoms with Crippen LogP contribution in [-0.4, -0.2) is 38.2 Å². The van der Waals surface area contributed by atoms with Crippen molar-refractivity contribution >= 4 is 23.3 Å². The summed E-state index contributed by atoms with van der Waals surface area (Å²) in [6.45, 7) is 0. The number of benzene rings is 1. The minimum Gasteiger partial charge on any atom is -0.338 e. The van der Waals surface area contributed by atoms with E-state index >= 15 is 0 Å². The Hall–Kier alpha value is -2.34. The highest BCUT2D eigenvalue weighted by atomic mass is 32.2. The van der Waals surface area contributed by atoms with E-state index in [4.69, 9.17) is 0 Å².